The van der Waals surface area contributed by atoms with Gasteiger partial charge in [0.1, 0.15) is 5.50 Å². The van der Waals surface area contributed by atoms with E-state index in [1.54, 1.807) is 13.8 Å². The molecule has 2 rings (SSSR count). The molecule has 1 aromatic rings. The number of amides is 2. The lowest BCUT2D eigenvalue weighted by Gasteiger charge is -2.30. The number of anilines is 1. The Morgan fingerprint density at radius 3 is 2.54 bits per heavy atom. The second-order valence-electron chi connectivity index (χ2n) is 6.22. The van der Waals surface area contributed by atoms with Gasteiger partial charge in [0.2, 0.25) is 11.8 Å². The van der Waals surface area contributed by atoms with Crippen molar-refractivity contribution in [2.24, 2.45) is 0 Å². The van der Waals surface area contributed by atoms with Gasteiger partial charge in [-0.3, -0.25) is 19.4 Å². The van der Waals surface area contributed by atoms with Gasteiger partial charge in [0.15, 0.2) is 0 Å². The van der Waals surface area contributed by atoms with Crippen LogP contribution < -0.4 is 10.2 Å². The Balaban J connectivity index is 2.50. The summed E-state index contributed by atoms with van der Waals surface area (Å²) in [5.74, 6) is -0.859. The van der Waals surface area contributed by atoms with Gasteiger partial charge in [-0.15, -0.1) is 12.6 Å². The average molecular weight is 386 g/mol. The van der Waals surface area contributed by atoms with Gasteiger partial charge >= 0.3 is 6.18 Å². The molecule has 0 aromatic heterocycles. The predicted octanol–water partition coefficient (Wildman–Crippen LogP) is 1.96. The van der Waals surface area contributed by atoms with Crippen LogP contribution in [0.5, 0.6) is 0 Å². The van der Waals surface area contributed by atoms with Gasteiger partial charge in [-0.25, -0.2) is 0 Å². The van der Waals surface area contributed by atoms with Crippen LogP contribution in [0, 0.1) is 11.3 Å². The van der Waals surface area contributed by atoms with Gasteiger partial charge < -0.3 is 5.32 Å². The molecule has 140 valence electrons. The highest BCUT2D eigenvalue weighted by Crippen LogP contribution is 2.39. The lowest BCUT2D eigenvalue weighted by atomic mass is 10.0. The first-order chi connectivity index (χ1) is 11.9. The quantitative estimate of drug-likeness (QED) is 0.779. The number of thiol groups is 1. The molecule has 0 bridgehead atoms. The van der Waals surface area contributed by atoms with Crippen LogP contribution in [0.15, 0.2) is 18.2 Å². The molecule has 26 heavy (non-hydrogen) atoms. The number of alkyl halides is 3. The molecule has 1 aromatic carbocycles. The first-order valence-electron chi connectivity index (χ1n) is 7.55. The van der Waals surface area contributed by atoms with E-state index in [0.29, 0.717) is 0 Å². The Morgan fingerprint density at radius 2 is 2.04 bits per heavy atom. The summed E-state index contributed by atoms with van der Waals surface area (Å²) < 4.78 is 39.6. The Bertz CT molecular complexity index is 789. The van der Waals surface area contributed by atoms with Crippen molar-refractivity contribution in [3.8, 4) is 6.07 Å². The smallest absolute Gasteiger partial charge is 0.358 e. The number of halogens is 3. The number of rotatable bonds is 3. The molecule has 1 saturated heterocycles. The van der Waals surface area contributed by atoms with Gasteiger partial charge in [-0.2, -0.15) is 18.4 Å². The van der Waals surface area contributed by atoms with Crippen molar-refractivity contribution in [2.75, 3.05) is 18.5 Å². The van der Waals surface area contributed by atoms with E-state index in [1.165, 1.54) is 24.1 Å². The average Bonchev–Trinajstić information content (AvgIpc) is 2.73. The maximum Gasteiger partial charge on any atom is 0.417 e. The van der Waals surface area contributed by atoms with E-state index in [2.05, 4.69) is 17.9 Å². The molecule has 1 atom stereocenters. The normalized spacial score (nSPS) is 20.2. The van der Waals surface area contributed by atoms with Crippen molar-refractivity contribution < 1.29 is 22.8 Å². The van der Waals surface area contributed by atoms with Crippen molar-refractivity contribution in [3.05, 3.63) is 29.3 Å². The minimum Gasteiger partial charge on any atom is -0.358 e. The van der Waals surface area contributed by atoms with Gasteiger partial charge in [0.05, 0.1) is 29.3 Å². The molecule has 10 heteroatoms. The van der Waals surface area contributed by atoms with Gasteiger partial charge in [-0.05, 0) is 32.0 Å². The predicted molar refractivity (Wildman–Crippen MR) is 91.3 cm³/mol. The van der Waals surface area contributed by atoms with Crippen LogP contribution in [0.1, 0.15) is 25.0 Å². The molecule has 0 aliphatic carbocycles. The first kappa shape index (κ1) is 20.1. The van der Waals surface area contributed by atoms with E-state index in [-0.39, 0.29) is 18.1 Å². The zero-order valence-electron chi connectivity index (χ0n) is 14.3. The molecule has 1 N–H and O–H groups in total. The van der Waals surface area contributed by atoms with E-state index < -0.39 is 34.2 Å². The number of carbonyl (C=O) groups excluding carboxylic acids is 2. The van der Waals surface area contributed by atoms with Crippen LogP contribution in [-0.4, -0.2) is 41.3 Å². The summed E-state index contributed by atoms with van der Waals surface area (Å²) in [5, 5.41) is 11.3. The maximum absolute atomic E-state index is 13.2. The van der Waals surface area contributed by atoms with Crippen LogP contribution in [0.25, 0.3) is 0 Å². The van der Waals surface area contributed by atoms with Gasteiger partial charge in [-0.1, -0.05) is 0 Å². The van der Waals surface area contributed by atoms with Crippen LogP contribution in [0.4, 0.5) is 18.9 Å². The third-order valence-electron chi connectivity index (χ3n) is 4.27. The second-order valence-corrected chi connectivity index (χ2v) is 6.68. The minimum atomic E-state index is -4.74. The Labute approximate surface area is 154 Å². The monoisotopic (exact) mass is 386 g/mol. The standard InChI is InChI=1S/C16H17F3N4O2S/c1-15(2)13(25)23(14(26)22(15)8-12(24)21-3)10-5-4-9(7-20)11(6-10)16(17,18)19/h4-6,14,26H,8H2,1-3H3,(H,21,24). The van der Waals surface area contributed by atoms with Gasteiger partial charge in [0, 0.05) is 12.7 Å². The van der Waals surface area contributed by atoms with E-state index in [1.807, 2.05) is 0 Å². The number of hydrogen-bond acceptors (Lipinski definition) is 5. The fourth-order valence-electron chi connectivity index (χ4n) is 2.73. The molecule has 1 unspecified atom stereocenters. The summed E-state index contributed by atoms with van der Waals surface area (Å²) in [7, 11) is 1.44. The largest absolute Gasteiger partial charge is 0.417 e. The summed E-state index contributed by atoms with van der Waals surface area (Å²) in [6.45, 7) is 2.98. The molecule has 6 nitrogen and oxygen atoms in total. The number of benzene rings is 1. The van der Waals surface area contributed by atoms with E-state index in [4.69, 9.17) is 5.26 Å². The van der Waals surface area contributed by atoms with E-state index in [9.17, 15) is 22.8 Å². The number of nitriles is 1. The summed E-state index contributed by atoms with van der Waals surface area (Å²) in [6, 6.07) is 4.52. The summed E-state index contributed by atoms with van der Waals surface area (Å²) >= 11 is 4.34. The fourth-order valence-corrected chi connectivity index (χ4v) is 3.34. The summed E-state index contributed by atoms with van der Waals surface area (Å²) in [5.41, 5.74) is -3.80. The van der Waals surface area contributed by atoms with Crippen LogP contribution in [0.2, 0.25) is 0 Å². The fraction of sp³-hybridized carbons (Fsp3) is 0.438. The van der Waals surface area contributed by atoms with Crippen molar-refractivity contribution >= 4 is 30.1 Å². The molecule has 1 heterocycles. The Kier molecular flexibility index (Phi) is 5.26. The Hall–Kier alpha value is -2.25. The third kappa shape index (κ3) is 3.37. The van der Waals surface area contributed by atoms with Crippen LogP contribution in [0.3, 0.4) is 0 Å². The highest BCUT2D eigenvalue weighted by Gasteiger charge is 2.52. The van der Waals surface area contributed by atoms with Crippen molar-refractivity contribution in [3.63, 3.8) is 0 Å². The molecule has 0 spiro atoms. The van der Waals surface area contributed by atoms with E-state index in [0.717, 1.165) is 17.0 Å². The zero-order chi connectivity index (χ0) is 19.9. The van der Waals surface area contributed by atoms with Crippen molar-refractivity contribution in [2.45, 2.75) is 31.1 Å². The molecular formula is C16H17F3N4O2S. The Morgan fingerprint density at radius 1 is 1.42 bits per heavy atom. The van der Waals surface area contributed by atoms with Crippen LogP contribution >= 0.6 is 12.6 Å². The highest BCUT2D eigenvalue weighted by molar-refractivity contribution is 7.81. The summed E-state index contributed by atoms with van der Waals surface area (Å²) in [6.07, 6.45) is -4.74. The zero-order valence-corrected chi connectivity index (χ0v) is 15.2. The molecule has 2 amide bonds. The molecule has 1 aliphatic rings. The number of likely N-dealkylation sites (N-methyl/N-ethyl adjacent to an activating group) is 1. The first-order valence-corrected chi connectivity index (χ1v) is 8.07. The number of nitrogens with one attached hydrogen (secondary N) is 1. The second kappa shape index (κ2) is 6.81. The van der Waals surface area contributed by atoms with E-state index >= 15 is 0 Å². The molecule has 1 aliphatic heterocycles. The maximum atomic E-state index is 13.2. The number of nitrogens with zero attached hydrogens (tertiary/aromatic N) is 3. The summed E-state index contributed by atoms with van der Waals surface area (Å²) in [4.78, 5) is 27.1. The van der Waals surface area contributed by atoms with Crippen LogP contribution in [-0.2, 0) is 15.8 Å². The lowest BCUT2D eigenvalue weighted by molar-refractivity contribution is -0.137. The highest BCUT2D eigenvalue weighted by atomic mass is 32.1. The molecule has 0 radical (unpaired) electrons. The van der Waals surface area contributed by atoms with Crippen molar-refractivity contribution in [1.82, 2.24) is 10.2 Å². The number of hydrogen-bond donors (Lipinski definition) is 2. The van der Waals surface area contributed by atoms with Crippen molar-refractivity contribution in [1.29, 1.82) is 5.26 Å². The SMILES string of the molecule is CNC(=O)CN1C(S)N(c2ccc(C#N)c(C(F)(F)F)c2)C(=O)C1(C)C. The molecule has 0 saturated carbocycles. The molecular weight excluding hydrogens is 369 g/mol. The van der Waals surface area contributed by atoms with Gasteiger partial charge in [0.25, 0.3) is 0 Å². The molecule has 1 fully saturated rings. The number of carbonyl (C=O) groups is 2. The topological polar surface area (TPSA) is 76.4 Å². The minimum absolute atomic E-state index is 0.0474. The third-order valence-corrected chi connectivity index (χ3v) is 4.78. The lowest BCUT2D eigenvalue weighted by Crippen LogP contribution is -2.48.